The lowest BCUT2D eigenvalue weighted by Crippen LogP contribution is -2.59. The lowest BCUT2D eigenvalue weighted by atomic mass is 9.68. The van der Waals surface area contributed by atoms with Gasteiger partial charge in [-0.1, -0.05) is 30.3 Å². The van der Waals surface area contributed by atoms with Crippen molar-refractivity contribution in [1.82, 2.24) is 25.5 Å². The minimum Gasteiger partial charge on any atom is -0.388 e. The molecule has 2 aromatic rings. The first kappa shape index (κ1) is 24.6. The summed E-state index contributed by atoms with van der Waals surface area (Å²) < 4.78 is 0. The van der Waals surface area contributed by atoms with Crippen LogP contribution in [0.25, 0.3) is 0 Å². The van der Waals surface area contributed by atoms with Crippen LogP contribution >= 0.6 is 0 Å². The van der Waals surface area contributed by atoms with Gasteiger partial charge in [-0.15, -0.1) is 0 Å². The normalized spacial score (nSPS) is 29.6. The number of rotatable bonds is 6. The largest absolute Gasteiger partial charge is 0.388 e. The lowest BCUT2D eigenvalue weighted by Gasteiger charge is -2.50. The van der Waals surface area contributed by atoms with E-state index in [1.54, 1.807) is 12.4 Å². The molecule has 9 heteroatoms. The van der Waals surface area contributed by atoms with Crippen LogP contribution in [0.3, 0.4) is 0 Å². The first-order valence-corrected chi connectivity index (χ1v) is 13.8. The highest BCUT2D eigenvalue weighted by Crippen LogP contribution is 2.48. The summed E-state index contributed by atoms with van der Waals surface area (Å²) in [7, 11) is 2.04. The van der Waals surface area contributed by atoms with E-state index in [-0.39, 0.29) is 17.1 Å². The minimum absolute atomic E-state index is 0.0319. The van der Waals surface area contributed by atoms with Crippen molar-refractivity contribution in [3.8, 4) is 0 Å². The number of aromatic nitrogens is 2. The van der Waals surface area contributed by atoms with Gasteiger partial charge in [0.15, 0.2) is 0 Å². The number of carbonyl (C=O) groups is 1. The number of hydrogen-bond donors (Lipinski definition) is 3. The summed E-state index contributed by atoms with van der Waals surface area (Å²) in [6.45, 7) is 4.62. The van der Waals surface area contributed by atoms with Gasteiger partial charge in [0.1, 0.15) is 0 Å². The summed E-state index contributed by atoms with van der Waals surface area (Å²) in [6, 6.07) is 10.6. The summed E-state index contributed by atoms with van der Waals surface area (Å²) in [4.78, 5) is 29.2. The Balaban J connectivity index is 1.26. The predicted octanol–water partition coefficient (Wildman–Crippen LogP) is 2.47. The smallest absolute Gasteiger partial charge is 0.325 e. The molecule has 1 aromatic carbocycles. The van der Waals surface area contributed by atoms with Gasteiger partial charge in [0.25, 0.3) is 0 Å². The number of anilines is 2. The number of amides is 2. The highest BCUT2D eigenvalue weighted by molar-refractivity contribution is 5.95. The van der Waals surface area contributed by atoms with Crippen LogP contribution in [0, 0.1) is 0 Å². The number of nitrogens with one attached hydrogen (secondary N) is 2. The molecule has 4 fully saturated rings. The Morgan fingerprint density at radius 3 is 2.27 bits per heavy atom. The fourth-order valence-electron chi connectivity index (χ4n) is 6.76. The molecule has 9 nitrogen and oxygen atoms in total. The molecule has 0 radical (unpaired) electrons. The van der Waals surface area contributed by atoms with Crippen LogP contribution in [-0.4, -0.2) is 83.5 Å². The SMILES string of the molecule is CNC1(c2ccccc2)CCC2(CC1)CN(c1cnc(N3CCNCC3)nc1)C(=O)N2CC1(O)CCC1. The molecule has 3 heterocycles. The van der Waals surface area contributed by atoms with Gasteiger partial charge in [0.2, 0.25) is 5.95 Å². The number of urea groups is 1. The Labute approximate surface area is 219 Å². The lowest BCUT2D eigenvalue weighted by molar-refractivity contribution is -0.0690. The molecule has 2 aliphatic heterocycles. The van der Waals surface area contributed by atoms with Crippen molar-refractivity contribution in [2.24, 2.45) is 0 Å². The van der Waals surface area contributed by atoms with Crippen LogP contribution in [0.1, 0.15) is 50.5 Å². The molecular weight excluding hydrogens is 466 g/mol. The molecule has 0 unspecified atom stereocenters. The van der Waals surface area contributed by atoms with Crippen molar-refractivity contribution in [3.63, 3.8) is 0 Å². The third kappa shape index (κ3) is 4.36. The number of aliphatic hydroxyl groups is 1. The zero-order valence-electron chi connectivity index (χ0n) is 21.8. The second-order valence-electron chi connectivity index (χ2n) is 11.4. The number of nitrogens with zero attached hydrogens (tertiary/aromatic N) is 5. The van der Waals surface area contributed by atoms with Gasteiger partial charge >= 0.3 is 6.03 Å². The number of piperazine rings is 1. The quantitative estimate of drug-likeness (QED) is 0.555. The van der Waals surface area contributed by atoms with Gasteiger partial charge in [-0.3, -0.25) is 4.90 Å². The average Bonchev–Trinajstić information content (AvgIpc) is 3.20. The molecule has 3 N–H and O–H groups in total. The third-order valence-corrected chi connectivity index (χ3v) is 9.40. The van der Waals surface area contributed by atoms with Crippen LogP contribution in [-0.2, 0) is 5.54 Å². The van der Waals surface area contributed by atoms with Crippen LogP contribution in [0.15, 0.2) is 42.7 Å². The van der Waals surface area contributed by atoms with Gasteiger partial charge in [-0.2, -0.15) is 0 Å². The van der Waals surface area contributed by atoms with Crippen molar-refractivity contribution in [3.05, 3.63) is 48.3 Å². The maximum absolute atomic E-state index is 13.9. The Bertz CT molecular complexity index is 1090. The summed E-state index contributed by atoms with van der Waals surface area (Å²) in [5.41, 5.74) is 0.859. The molecule has 1 spiro atoms. The van der Waals surface area contributed by atoms with Crippen LogP contribution in [0.2, 0.25) is 0 Å². The molecule has 1 aromatic heterocycles. The van der Waals surface area contributed by atoms with Crippen molar-refractivity contribution >= 4 is 17.7 Å². The highest BCUT2D eigenvalue weighted by Gasteiger charge is 2.56. The Morgan fingerprint density at radius 1 is 1.00 bits per heavy atom. The van der Waals surface area contributed by atoms with E-state index in [2.05, 4.69) is 55.8 Å². The third-order valence-electron chi connectivity index (χ3n) is 9.40. The average molecular weight is 506 g/mol. The molecule has 37 heavy (non-hydrogen) atoms. The predicted molar refractivity (Wildman–Crippen MR) is 144 cm³/mol. The zero-order valence-corrected chi connectivity index (χ0v) is 21.8. The van der Waals surface area contributed by atoms with Crippen molar-refractivity contribution in [1.29, 1.82) is 0 Å². The Hall–Kier alpha value is -2.75. The molecule has 2 aliphatic carbocycles. The molecule has 4 aliphatic rings. The van der Waals surface area contributed by atoms with Crippen LogP contribution < -0.4 is 20.4 Å². The molecule has 6 rings (SSSR count). The molecule has 2 saturated heterocycles. The van der Waals surface area contributed by atoms with E-state index in [0.717, 1.165) is 76.8 Å². The van der Waals surface area contributed by atoms with E-state index < -0.39 is 5.60 Å². The first-order chi connectivity index (χ1) is 18.0. The summed E-state index contributed by atoms with van der Waals surface area (Å²) in [6.07, 6.45) is 9.75. The van der Waals surface area contributed by atoms with E-state index in [0.29, 0.717) is 19.0 Å². The highest BCUT2D eigenvalue weighted by atomic mass is 16.3. The molecule has 198 valence electrons. The summed E-state index contributed by atoms with van der Waals surface area (Å²) in [5, 5.41) is 18.1. The number of benzene rings is 1. The van der Waals surface area contributed by atoms with E-state index in [1.165, 1.54) is 5.56 Å². The minimum atomic E-state index is -0.766. The van der Waals surface area contributed by atoms with E-state index in [1.807, 2.05) is 16.8 Å². The van der Waals surface area contributed by atoms with E-state index in [9.17, 15) is 9.90 Å². The molecule has 2 amide bonds. The summed E-state index contributed by atoms with van der Waals surface area (Å²) in [5.74, 6) is 0.714. The maximum atomic E-state index is 13.9. The fourth-order valence-corrected chi connectivity index (χ4v) is 6.76. The molecular formula is C28H39N7O2. The molecule has 0 bridgehead atoms. The van der Waals surface area contributed by atoms with E-state index >= 15 is 0 Å². The molecule has 2 saturated carbocycles. The van der Waals surface area contributed by atoms with Crippen molar-refractivity contribution in [2.45, 2.75) is 61.6 Å². The van der Waals surface area contributed by atoms with Gasteiger partial charge in [-0.05, 0) is 57.6 Å². The first-order valence-electron chi connectivity index (χ1n) is 13.8. The molecule has 0 atom stereocenters. The fraction of sp³-hybridized carbons (Fsp3) is 0.607. The van der Waals surface area contributed by atoms with Gasteiger partial charge in [0.05, 0.1) is 42.3 Å². The van der Waals surface area contributed by atoms with Gasteiger partial charge in [0, 0.05) is 31.7 Å². The van der Waals surface area contributed by atoms with Gasteiger partial charge in [-0.25, -0.2) is 14.8 Å². The number of hydrogen-bond acceptors (Lipinski definition) is 7. The Kier molecular flexibility index (Phi) is 6.33. The van der Waals surface area contributed by atoms with Crippen LogP contribution in [0.4, 0.5) is 16.4 Å². The second-order valence-corrected chi connectivity index (χ2v) is 11.4. The van der Waals surface area contributed by atoms with Crippen molar-refractivity contribution < 1.29 is 9.90 Å². The second kappa shape index (κ2) is 9.53. The monoisotopic (exact) mass is 505 g/mol. The topological polar surface area (TPSA) is 96.9 Å². The van der Waals surface area contributed by atoms with E-state index in [4.69, 9.17) is 0 Å². The standard InChI is InChI=1S/C28H39N7O2/c1-29-28(22-6-3-2-4-7-22)12-10-26(11-13-28)20-34(25(36)35(26)21-27(37)8-5-9-27)23-18-31-24(32-19-23)33-16-14-30-15-17-33/h2-4,6-7,18-19,29-30,37H,5,8-17,20-21H2,1H3. The zero-order chi connectivity index (χ0) is 25.5. The summed E-state index contributed by atoms with van der Waals surface area (Å²) >= 11 is 0. The number of β-amino-alcohol motifs (C(OH)–C–C–N with tert-alkyl or cyclic N) is 1. The maximum Gasteiger partial charge on any atom is 0.325 e. The Morgan fingerprint density at radius 2 is 1.68 bits per heavy atom. The van der Waals surface area contributed by atoms with Crippen LogP contribution in [0.5, 0.6) is 0 Å². The van der Waals surface area contributed by atoms with Gasteiger partial charge < -0.3 is 25.5 Å². The van der Waals surface area contributed by atoms with Crippen molar-refractivity contribution in [2.75, 3.05) is 56.1 Å². The number of carbonyl (C=O) groups excluding carboxylic acids is 1.